The van der Waals surface area contributed by atoms with Gasteiger partial charge in [-0.2, -0.15) is 8.61 Å². The average molecular weight is 1080 g/mol. The first-order chi connectivity index (χ1) is 34.9. The number of carbonyl (C=O) groups excluding carboxylic acids is 2. The van der Waals surface area contributed by atoms with Crippen LogP contribution in [0.25, 0.3) is 0 Å². The van der Waals surface area contributed by atoms with Crippen molar-refractivity contribution in [3.05, 3.63) is 46.5 Å². The summed E-state index contributed by atoms with van der Waals surface area (Å²) in [5, 5.41) is 0. The van der Waals surface area contributed by atoms with Gasteiger partial charge in [-0.05, 0) is 167 Å². The molecule has 2 aliphatic heterocycles. The van der Waals surface area contributed by atoms with Gasteiger partial charge in [0.15, 0.2) is 0 Å². The Bertz CT molecular complexity index is 2180. The Hall–Kier alpha value is -3.44. The number of sulfonamides is 2. The van der Waals surface area contributed by atoms with Crippen molar-refractivity contribution in [2.24, 2.45) is 0 Å². The van der Waals surface area contributed by atoms with Crippen LogP contribution in [-0.4, -0.2) is 239 Å². The lowest BCUT2D eigenvalue weighted by Crippen LogP contribution is -2.47. The topological polar surface area (TPSA) is 165 Å². The Labute approximate surface area is 445 Å². The van der Waals surface area contributed by atoms with E-state index in [1.165, 1.54) is 48.4 Å². The summed E-state index contributed by atoms with van der Waals surface area (Å²) in [6.07, 6.45) is 11.1. The van der Waals surface area contributed by atoms with Gasteiger partial charge in [0, 0.05) is 104 Å². The van der Waals surface area contributed by atoms with Gasteiger partial charge < -0.3 is 38.5 Å². The highest BCUT2D eigenvalue weighted by atomic mass is 32.2. The maximum Gasteiger partial charge on any atom is 0.248 e. The number of likely N-dealkylation sites (N-methyl/N-ethyl adjacent to an activating group) is 6. The fourth-order valence-electron chi connectivity index (χ4n) is 11.4. The van der Waals surface area contributed by atoms with Crippen molar-refractivity contribution < 1.29 is 45.4 Å². The summed E-state index contributed by atoms with van der Waals surface area (Å²) in [4.78, 5) is 39.8. The van der Waals surface area contributed by atoms with E-state index in [4.69, 9.17) is 18.9 Å². The van der Waals surface area contributed by atoms with Crippen molar-refractivity contribution in [1.82, 2.24) is 38.0 Å². The van der Waals surface area contributed by atoms with Crippen LogP contribution in [0.15, 0.2) is 34.1 Å². The molecular formula is C54H92N8O10S2. The molecule has 0 N–H and O–H groups in total. The second kappa shape index (κ2) is 27.7. The van der Waals surface area contributed by atoms with Crippen LogP contribution in [0.2, 0.25) is 0 Å². The van der Waals surface area contributed by atoms with E-state index in [2.05, 4.69) is 47.8 Å². The van der Waals surface area contributed by atoms with Gasteiger partial charge >= 0.3 is 0 Å². The molecule has 3 unspecified atom stereocenters. The Morgan fingerprint density at radius 2 is 0.865 bits per heavy atom. The second-order valence-electron chi connectivity index (χ2n) is 21.7. The highest BCUT2D eigenvalue weighted by Crippen LogP contribution is 2.32. The molecule has 6 rings (SSSR count). The van der Waals surface area contributed by atoms with Gasteiger partial charge in [0.2, 0.25) is 31.9 Å². The highest BCUT2D eigenvalue weighted by Gasteiger charge is 2.37. The fraction of sp³-hybridized carbons (Fsp3) is 0.741. The lowest BCUT2D eigenvalue weighted by molar-refractivity contribution is -0.138. The van der Waals surface area contributed by atoms with Crippen LogP contribution in [0.1, 0.15) is 86.5 Å². The molecule has 20 heteroatoms. The number of likely N-dealkylation sites (tertiary alicyclic amines) is 2. The predicted octanol–water partition coefficient (Wildman–Crippen LogP) is 4.71. The normalized spacial score (nSPS) is 23.1. The quantitative estimate of drug-likeness (QED) is 0.149. The zero-order valence-corrected chi connectivity index (χ0v) is 49.0. The van der Waals surface area contributed by atoms with Crippen LogP contribution in [0.4, 0.5) is 0 Å². The summed E-state index contributed by atoms with van der Waals surface area (Å²) >= 11 is 0. The summed E-state index contributed by atoms with van der Waals surface area (Å²) in [6.45, 7) is 12.1. The van der Waals surface area contributed by atoms with Crippen molar-refractivity contribution in [3.63, 3.8) is 0 Å². The van der Waals surface area contributed by atoms with E-state index in [0.29, 0.717) is 57.9 Å². The highest BCUT2D eigenvalue weighted by molar-refractivity contribution is 7.89. The summed E-state index contributed by atoms with van der Waals surface area (Å²) in [5.74, 6) is 1.16. The van der Waals surface area contributed by atoms with E-state index in [9.17, 15) is 26.4 Å². The first kappa shape index (κ1) is 61.4. The third kappa shape index (κ3) is 15.8. The van der Waals surface area contributed by atoms with E-state index >= 15 is 0 Å². The van der Waals surface area contributed by atoms with Crippen LogP contribution >= 0.6 is 0 Å². The number of nitrogens with zero attached hydrogens (tertiary/aromatic N) is 8. The minimum atomic E-state index is -3.69. The smallest absolute Gasteiger partial charge is 0.248 e. The average Bonchev–Trinajstić information content (AvgIpc) is 4.08. The van der Waals surface area contributed by atoms with Crippen LogP contribution < -0.4 is 9.47 Å². The standard InChI is InChI=1S/2C27H46N4O5S/c2*1-20-15-25(35-7)16-21(2)27(20)37(33,34)29(5)13-14-36-19-26(32)30(6)22-9-8-10-23(17-22)31-12-11-24(18-31)28(3)4/h2*15-16,22-24H,8-14,17-19H2,1-7H3/t22-,23?,24?;22-,23-,24?/m10/s1. The molecule has 4 aliphatic rings. The van der Waals surface area contributed by atoms with Crippen LogP contribution in [-0.2, 0) is 39.1 Å². The SMILES string of the molecule is COc1cc(C)c(S(=O)(=O)N(C)CCOCC(=O)N(C)[C@@H]2CCCC(N3CCC(N(C)C)C3)C2)c(C)c1.COc1cc(C)c(S(=O)(=O)N(C)CCOCC(=O)N(C)[C@H]2CCC[C@H](N3CCC(N(C)C)C3)C2)c(C)c1. The van der Waals surface area contributed by atoms with Gasteiger partial charge in [-0.25, -0.2) is 16.8 Å². The predicted molar refractivity (Wildman–Crippen MR) is 291 cm³/mol. The molecule has 2 saturated carbocycles. The fourth-order valence-corrected chi connectivity index (χ4v) is 14.5. The molecule has 6 atom stereocenters. The summed E-state index contributed by atoms with van der Waals surface area (Å²) in [7, 11) is 11.2. The van der Waals surface area contributed by atoms with E-state index in [1.54, 1.807) is 66.2 Å². The Kier molecular flexibility index (Phi) is 23.0. The molecule has 4 fully saturated rings. The Morgan fingerprint density at radius 1 is 0.527 bits per heavy atom. The molecule has 420 valence electrons. The van der Waals surface area contributed by atoms with Crippen molar-refractivity contribution in [2.75, 3.05) is 136 Å². The molecule has 2 aliphatic carbocycles. The first-order valence-electron chi connectivity index (χ1n) is 26.6. The molecule has 74 heavy (non-hydrogen) atoms. The van der Waals surface area contributed by atoms with Gasteiger partial charge in [0.25, 0.3) is 0 Å². The number of carbonyl (C=O) groups is 2. The van der Waals surface area contributed by atoms with E-state index in [1.807, 2.05) is 23.9 Å². The Balaban J connectivity index is 0.000000274. The molecule has 0 radical (unpaired) electrons. The molecular weight excluding hydrogens is 985 g/mol. The number of methoxy groups -OCH3 is 2. The van der Waals surface area contributed by atoms with Crippen LogP contribution in [0, 0.1) is 27.7 Å². The molecule has 2 amide bonds. The molecule has 2 aromatic carbocycles. The Morgan fingerprint density at radius 3 is 1.16 bits per heavy atom. The zero-order valence-electron chi connectivity index (χ0n) is 47.4. The largest absolute Gasteiger partial charge is 0.497 e. The monoisotopic (exact) mass is 1080 g/mol. The lowest BCUT2D eigenvalue weighted by atomic mass is 9.89. The summed E-state index contributed by atoms with van der Waals surface area (Å²) in [6, 6.07) is 9.62. The van der Waals surface area contributed by atoms with Crippen LogP contribution in [0.3, 0.4) is 0 Å². The van der Waals surface area contributed by atoms with E-state index < -0.39 is 20.0 Å². The first-order valence-corrected chi connectivity index (χ1v) is 29.5. The van der Waals surface area contributed by atoms with Gasteiger partial charge in [-0.15, -0.1) is 0 Å². The minimum absolute atomic E-state index is 0.0431. The molecule has 2 heterocycles. The van der Waals surface area contributed by atoms with Gasteiger partial charge in [-0.3, -0.25) is 19.4 Å². The van der Waals surface area contributed by atoms with Crippen molar-refractivity contribution in [1.29, 1.82) is 0 Å². The molecule has 2 saturated heterocycles. The number of hydrogen-bond donors (Lipinski definition) is 0. The molecule has 0 aromatic heterocycles. The number of ether oxygens (including phenoxy) is 4. The number of benzene rings is 2. The van der Waals surface area contributed by atoms with Crippen molar-refractivity contribution >= 4 is 31.9 Å². The lowest BCUT2D eigenvalue weighted by Gasteiger charge is -2.39. The third-order valence-electron chi connectivity index (χ3n) is 16.2. The molecule has 18 nitrogen and oxygen atoms in total. The zero-order chi connectivity index (χ0) is 54.7. The summed E-state index contributed by atoms with van der Waals surface area (Å²) < 4.78 is 77.0. The molecule has 0 bridgehead atoms. The summed E-state index contributed by atoms with van der Waals surface area (Å²) in [5.41, 5.74) is 2.55. The van der Waals surface area contributed by atoms with Gasteiger partial charge in [0.05, 0.1) is 37.2 Å². The van der Waals surface area contributed by atoms with Gasteiger partial charge in [0.1, 0.15) is 24.7 Å². The molecule has 2 aromatic rings. The number of rotatable bonds is 22. The van der Waals surface area contributed by atoms with Gasteiger partial charge in [-0.1, -0.05) is 0 Å². The number of amides is 2. The minimum Gasteiger partial charge on any atom is -0.497 e. The number of aryl methyl sites for hydroxylation is 4. The van der Waals surface area contributed by atoms with E-state index in [-0.39, 0.29) is 73.2 Å². The third-order valence-corrected chi connectivity index (χ3v) is 20.6. The second-order valence-corrected chi connectivity index (χ2v) is 25.7. The van der Waals surface area contributed by atoms with E-state index in [0.717, 1.165) is 64.7 Å². The molecule has 0 spiro atoms. The maximum absolute atomic E-state index is 13.2. The van der Waals surface area contributed by atoms with Crippen molar-refractivity contribution in [2.45, 2.75) is 138 Å². The van der Waals surface area contributed by atoms with Crippen molar-refractivity contribution in [3.8, 4) is 11.5 Å². The van der Waals surface area contributed by atoms with Crippen LogP contribution in [0.5, 0.6) is 11.5 Å². The number of hydrogen-bond acceptors (Lipinski definition) is 14. The maximum atomic E-state index is 13.2.